The Morgan fingerprint density at radius 3 is 2.70 bits per heavy atom. The van der Waals surface area contributed by atoms with Gasteiger partial charge in [-0.25, -0.2) is 0 Å². The fourth-order valence-corrected chi connectivity index (χ4v) is 3.70. The Bertz CT molecular complexity index is 469. The van der Waals surface area contributed by atoms with Crippen LogP contribution in [-0.2, 0) is 6.54 Å². The molecule has 3 rings (SSSR count). The smallest absolute Gasteiger partial charge is 0.123 e. The zero-order valence-electron chi connectivity index (χ0n) is 12.5. The van der Waals surface area contributed by atoms with Crippen LogP contribution in [0.3, 0.4) is 0 Å². The zero-order valence-corrected chi connectivity index (χ0v) is 12.5. The average Bonchev–Trinajstić information content (AvgIpc) is 2.86. The molecule has 2 aliphatic rings. The Balaban J connectivity index is 1.84. The Morgan fingerprint density at radius 2 is 2.05 bits per heavy atom. The molecule has 1 fully saturated rings. The molecule has 4 heteroatoms. The quantitative estimate of drug-likeness (QED) is 0.910. The van der Waals surface area contributed by atoms with Crippen molar-refractivity contribution in [3.05, 3.63) is 29.3 Å². The largest absolute Gasteiger partial charge is 0.496 e. The van der Waals surface area contributed by atoms with Crippen molar-refractivity contribution < 1.29 is 4.74 Å². The van der Waals surface area contributed by atoms with Crippen molar-refractivity contribution in [3.63, 3.8) is 0 Å². The van der Waals surface area contributed by atoms with Gasteiger partial charge in [0, 0.05) is 30.7 Å². The molecule has 0 bridgehead atoms. The molecule has 0 radical (unpaired) electrons. The third-order valence-corrected chi connectivity index (χ3v) is 4.87. The molecule has 1 atom stereocenters. The number of piperidine rings is 1. The number of methoxy groups -OCH3 is 1. The summed E-state index contributed by atoms with van der Waals surface area (Å²) in [5, 5.41) is 0. The number of nitrogens with zero attached hydrogens (tertiary/aromatic N) is 2. The highest BCUT2D eigenvalue weighted by atomic mass is 16.5. The van der Waals surface area contributed by atoms with Crippen LogP contribution in [0.2, 0.25) is 0 Å². The van der Waals surface area contributed by atoms with E-state index in [0.29, 0.717) is 18.6 Å². The monoisotopic (exact) mass is 275 g/mol. The number of nitrogens with two attached hydrogens (primary N) is 1. The minimum atomic E-state index is 0.355. The molecular weight excluding hydrogens is 250 g/mol. The van der Waals surface area contributed by atoms with Gasteiger partial charge in [0.05, 0.1) is 7.11 Å². The topological polar surface area (TPSA) is 41.7 Å². The van der Waals surface area contributed by atoms with E-state index < -0.39 is 0 Å². The van der Waals surface area contributed by atoms with Gasteiger partial charge in [-0.1, -0.05) is 12.1 Å². The molecule has 0 aliphatic carbocycles. The first-order valence-electron chi connectivity index (χ1n) is 7.54. The minimum Gasteiger partial charge on any atom is -0.496 e. The van der Waals surface area contributed by atoms with E-state index in [9.17, 15) is 0 Å². The average molecular weight is 275 g/mol. The van der Waals surface area contributed by atoms with Gasteiger partial charge in [-0.15, -0.1) is 0 Å². The molecule has 2 N–H and O–H groups in total. The maximum absolute atomic E-state index is 6.07. The molecule has 1 aromatic carbocycles. The Morgan fingerprint density at radius 1 is 1.30 bits per heavy atom. The molecule has 0 saturated carbocycles. The SMILES string of the molecule is COc1cccc2c1CN(C1CCN(C)CC1)C2CN. The van der Waals surface area contributed by atoms with Crippen LogP contribution in [-0.4, -0.2) is 49.6 Å². The van der Waals surface area contributed by atoms with Crippen LogP contribution in [0.25, 0.3) is 0 Å². The van der Waals surface area contributed by atoms with Gasteiger partial charge in [-0.05, 0) is 44.6 Å². The molecule has 0 aromatic heterocycles. The Kier molecular flexibility index (Phi) is 3.96. The zero-order chi connectivity index (χ0) is 14.1. The number of fused-ring (bicyclic) bond motifs is 1. The second kappa shape index (κ2) is 5.72. The predicted molar refractivity (Wildman–Crippen MR) is 80.9 cm³/mol. The summed E-state index contributed by atoms with van der Waals surface area (Å²) < 4.78 is 5.53. The molecule has 1 saturated heterocycles. The van der Waals surface area contributed by atoms with Crippen LogP contribution >= 0.6 is 0 Å². The van der Waals surface area contributed by atoms with Gasteiger partial charge in [0.15, 0.2) is 0 Å². The van der Waals surface area contributed by atoms with Crippen molar-refractivity contribution in [2.45, 2.75) is 31.5 Å². The highest BCUT2D eigenvalue weighted by Gasteiger charge is 2.36. The summed E-state index contributed by atoms with van der Waals surface area (Å²) >= 11 is 0. The van der Waals surface area contributed by atoms with Crippen molar-refractivity contribution in [1.29, 1.82) is 0 Å². The molecule has 2 aliphatic heterocycles. The van der Waals surface area contributed by atoms with Crippen LogP contribution < -0.4 is 10.5 Å². The summed E-state index contributed by atoms with van der Waals surface area (Å²) in [4.78, 5) is 5.01. The first-order valence-corrected chi connectivity index (χ1v) is 7.54. The van der Waals surface area contributed by atoms with E-state index >= 15 is 0 Å². The summed E-state index contributed by atoms with van der Waals surface area (Å²) in [7, 11) is 3.96. The van der Waals surface area contributed by atoms with Gasteiger partial charge < -0.3 is 15.4 Å². The van der Waals surface area contributed by atoms with Crippen LogP contribution in [0.5, 0.6) is 5.75 Å². The molecule has 1 aromatic rings. The van der Waals surface area contributed by atoms with Crippen molar-refractivity contribution in [1.82, 2.24) is 9.80 Å². The lowest BCUT2D eigenvalue weighted by molar-refractivity contribution is 0.0905. The number of likely N-dealkylation sites (tertiary alicyclic amines) is 1. The lowest BCUT2D eigenvalue weighted by Gasteiger charge is -2.38. The molecule has 0 spiro atoms. The van der Waals surface area contributed by atoms with Crippen LogP contribution in [0.4, 0.5) is 0 Å². The van der Waals surface area contributed by atoms with Crippen molar-refractivity contribution in [2.24, 2.45) is 5.73 Å². The van der Waals surface area contributed by atoms with Gasteiger partial charge in [0.2, 0.25) is 0 Å². The van der Waals surface area contributed by atoms with Crippen molar-refractivity contribution in [3.8, 4) is 5.75 Å². The van der Waals surface area contributed by atoms with E-state index in [0.717, 1.165) is 12.3 Å². The highest BCUT2D eigenvalue weighted by Crippen LogP contribution is 2.40. The number of ether oxygens (including phenoxy) is 1. The standard InChI is InChI=1S/C16H25N3O/c1-18-8-6-12(7-9-18)19-11-14-13(15(19)10-17)4-3-5-16(14)20-2/h3-5,12,15H,6-11,17H2,1-2H3. The molecular formula is C16H25N3O. The van der Waals surface area contributed by atoms with E-state index in [-0.39, 0.29) is 0 Å². The first kappa shape index (κ1) is 13.9. The minimum absolute atomic E-state index is 0.355. The van der Waals surface area contributed by atoms with E-state index in [1.54, 1.807) is 7.11 Å². The first-order chi connectivity index (χ1) is 9.74. The lowest BCUT2D eigenvalue weighted by atomic mass is 10.0. The van der Waals surface area contributed by atoms with E-state index in [1.165, 1.54) is 37.1 Å². The van der Waals surface area contributed by atoms with E-state index in [4.69, 9.17) is 10.5 Å². The maximum Gasteiger partial charge on any atom is 0.123 e. The van der Waals surface area contributed by atoms with Crippen molar-refractivity contribution >= 4 is 0 Å². The normalized spacial score (nSPS) is 24.9. The summed E-state index contributed by atoms with van der Waals surface area (Å²) in [6, 6.07) is 7.36. The number of benzene rings is 1. The van der Waals surface area contributed by atoms with Gasteiger partial charge in [0.1, 0.15) is 5.75 Å². The molecule has 20 heavy (non-hydrogen) atoms. The molecule has 4 nitrogen and oxygen atoms in total. The number of rotatable bonds is 3. The van der Waals surface area contributed by atoms with Crippen LogP contribution in [0.1, 0.15) is 30.0 Å². The van der Waals surface area contributed by atoms with Gasteiger partial charge >= 0.3 is 0 Å². The molecule has 2 heterocycles. The highest BCUT2D eigenvalue weighted by molar-refractivity contribution is 5.45. The lowest BCUT2D eigenvalue weighted by Crippen LogP contribution is -2.44. The van der Waals surface area contributed by atoms with Crippen molar-refractivity contribution in [2.75, 3.05) is 33.8 Å². The molecule has 110 valence electrons. The third kappa shape index (κ3) is 2.32. The van der Waals surface area contributed by atoms with Crippen LogP contribution in [0.15, 0.2) is 18.2 Å². The van der Waals surface area contributed by atoms with E-state index in [1.807, 2.05) is 0 Å². The van der Waals surface area contributed by atoms with Gasteiger partial charge in [-0.3, -0.25) is 4.90 Å². The Labute approximate surface area is 121 Å². The fourth-order valence-electron chi connectivity index (χ4n) is 3.70. The molecule has 1 unspecified atom stereocenters. The maximum atomic E-state index is 6.07. The summed E-state index contributed by atoms with van der Waals surface area (Å²) in [6.07, 6.45) is 2.48. The number of hydrogen-bond donors (Lipinski definition) is 1. The van der Waals surface area contributed by atoms with Gasteiger partial charge in [0.25, 0.3) is 0 Å². The second-order valence-electron chi connectivity index (χ2n) is 5.99. The molecule has 0 amide bonds. The summed E-state index contributed by atoms with van der Waals surface area (Å²) in [6.45, 7) is 4.04. The third-order valence-electron chi connectivity index (χ3n) is 4.87. The van der Waals surface area contributed by atoms with Crippen LogP contribution in [0, 0.1) is 0 Å². The predicted octanol–water partition coefficient (Wildman–Crippen LogP) is 1.60. The summed E-state index contributed by atoms with van der Waals surface area (Å²) in [5.41, 5.74) is 8.78. The fraction of sp³-hybridized carbons (Fsp3) is 0.625. The number of hydrogen-bond acceptors (Lipinski definition) is 4. The van der Waals surface area contributed by atoms with E-state index in [2.05, 4.69) is 35.0 Å². The Hall–Kier alpha value is -1.10. The second-order valence-corrected chi connectivity index (χ2v) is 5.99. The summed E-state index contributed by atoms with van der Waals surface area (Å²) in [5.74, 6) is 1.01. The van der Waals surface area contributed by atoms with Gasteiger partial charge in [-0.2, -0.15) is 0 Å².